The minimum Gasteiger partial charge on any atom is -0.348 e. The van der Waals surface area contributed by atoms with Crippen molar-refractivity contribution >= 4 is 17.8 Å². The van der Waals surface area contributed by atoms with E-state index in [9.17, 15) is 14.4 Å². The molecule has 4 amide bonds. The predicted molar refractivity (Wildman–Crippen MR) is 103 cm³/mol. The smallest absolute Gasteiger partial charge is 0.326 e. The Kier molecular flexibility index (Phi) is 4.90. The number of urea groups is 1. The molecule has 1 fully saturated rings. The van der Waals surface area contributed by atoms with E-state index in [-0.39, 0.29) is 37.0 Å². The zero-order valence-corrected chi connectivity index (χ0v) is 16.0. The lowest BCUT2D eigenvalue weighted by atomic mass is 9.99. The Morgan fingerprint density at radius 2 is 1.86 bits per heavy atom. The second-order valence-electron chi connectivity index (χ2n) is 7.31. The van der Waals surface area contributed by atoms with Gasteiger partial charge in [-0.2, -0.15) is 0 Å². The van der Waals surface area contributed by atoms with Crippen molar-refractivity contribution in [2.75, 3.05) is 26.7 Å². The van der Waals surface area contributed by atoms with Crippen LogP contribution in [0, 0.1) is 0 Å². The second-order valence-corrected chi connectivity index (χ2v) is 7.31. The Hall–Kier alpha value is -3.09. The Balaban J connectivity index is 1.46. The summed E-state index contributed by atoms with van der Waals surface area (Å²) >= 11 is 0. The zero-order chi connectivity index (χ0) is 19.7. The molecule has 3 heterocycles. The van der Waals surface area contributed by atoms with Crippen LogP contribution in [-0.2, 0) is 16.1 Å². The SMILES string of the molecule is CN1CC(=O)N(CCCC(=O)N2CCn3cccc3C2c2ccccc2)C1=O. The third-order valence-electron chi connectivity index (χ3n) is 5.48. The van der Waals surface area contributed by atoms with Crippen LogP contribution in [0.5, 0.6) is 0 Å². The molecule has 1 unspecified atom stereocenters. The molecule has 4 rings (SSSR count). The number of fused-ring (bicyclic) bond motifs is 1. The molecule has 0 saturated carbocycles. The molecule has 0 N–H and O–H groups in total. The van der Waals surface area contributed by atoms with Crippen molar-refractivity contribution in [1.82, 2.24) is 19.3 Å². The maximum absolute atomic E-state index is 13.0. The van der Waals surface area contributed by atoms with E-state index in [1.807, 2.05) is 47.5 Å². The van der Waals surface area contributed by atoms with Gasteiger partial charge in [0.05, 0.1) is 6.04 Å². The molecule has 1 aromatic carbocycles. The van der Waals surface area contributed by atoms with E-state index in [0.717, 1.165) is 17.8 Å². The standard InChI is InChI=1S/C21H24N4O3/c1-22-15-19(27)25(21(22)28)12-6-10-18(26)24-14-13-23-11-5-9-17(23)20(24)16-7-3-2-4-8-16/h2-5,7-9,11,20H,6,10,12-15H2,1H3. The zero-order valence-electron chi connectivity index (χ0n) is 16.0. The van der Waals surface area contributed by atoms with Crippen molar-refractivity contribution in [2.45, 2.75) is 25.4 Å². The van der Waals surface area contributed by atoms with Gasteiger partial charge in [0, 0.05) is 45.0 Å². The number of amides is 4. The number of nitrogens with zero attached hydrogens (tertiary/aromatic N) is 4. The van der Waals surface area contributed by atoms with Gasteiger partial charge in [0.25, 0.3) is 0 Å². The van der Waals surface area contributed by atoms with Crippen LogP contribution in [-0.4, -0.2) is 63.8 Å². The van der Waals surface area contributed by atoms with Crippen molar-refractivity contribution in [2.24, 2.45) is 0 Å². The van der Waals surface area contributed by atoms with Crippen LogP contribution < -0.4 is 0 Å². The number of carbonyl (C=O) groups is 3. The molecule has 28 heavy (non-hydrogen) atoms. The topological polar surface area (TPSA) is 65.9 Å². The van der Waals surface area contributed by atoms with Crippen molar-refractivity contribution in [3.8, 4) is 0 Å². The molecule has 0 radical (unpaired) electrons. The van der Waals surface area contributed by atoms with E-state index in [1.165, 1.54) is 9.80 Å². The fourth-order valence-corrected chi connectivity index (χ4v) is 4.06. The third kappa shape index (κ3) is 3.28. The number of rotatable bonds is 5. The van der Waals surface area contributed by atoms with Crippen LogP contribution in [0.1, 0.15) is 30.1 Å². The average molecular weight is 380 g/mol. The van der Waals surface area contributed by atoms with Gasteiger partial charge in [0.15, 0.2) is 0 Å². The Labute approximate surface area is 164 Å². The molecule has 0 spiro atoms. The van der Waals surface area contributed by atoms with E-state index in [1.54, 1.807) is 7.05 Å². The minimum atomic E-state index is -0.282. The Bertz CT molecular complexity index is 892. The predicted octanol–water partition coefficient (Wildman–Crippen LogP) is 2.09. The lowest BCUT2D eigenvalue weighted by Gasteiger charge is -2.37. The summed E-state index contributed by atoms with van der Waals surface area (Å²) in [5.74, 6) is -0.147. The summed E-state index contributed by atoms with van der Waals surface area (Å²) in [4.78, 5) is 41.4. The molecular formula is C21H24N4O3. The summed E-state index contributed by atoms with van der Waals surface area (Å²) in [5, 5.41) is 0. The highest BCUT2D eigenvalue weighted by atomic mass is 16.2. The molecule has 2 aliphatic heterocycles. The monoisotopic (exact) mass is 380 g/mol. The van der Waals surface area contributed by atoms with Gasteiger partial charge >= 0.3 is 6.03 Å². The summed E-state index contributed by atoms with van der Waals surface area (Å²) in [6.45, 7) is 1.82. The number of carbonyl (C=O) groups excluding carboxylic acids is 3. The van der Waals surface area contributed by atoms with Gasteiger partial charge in [0.2, 0.25) is 11.8 Å². The molecule has 7 nitrogen and oxygen atoms in total. The van der Waals surface area contributed by atoms with Crippen molar-refractivity contribution in [3.63, 3.8) is 0 Å². The largest absolute Gasteiger partial charge is 0.348 e. The van der Waals surface area contributed by atoms with E-state index >= 15 is 0 Å². The van der Waals surface area contributed by atoms with Gasteiger partial charge < -0.3 is 14.4 Å². The van der Waals surface area contributed by atoms with Crippen LogP contribution in [0.15, 0.2) is 48.7 Å². The first kappa shape index (κ1) is 18.3. The number of hydrogen-bond donors (Lipinski definition) is 0. The molecule has 146 valence electrons. The minimum absolute atomic E-state index is 0.0498. The van der Waals surface area contributed by atoms with Crippen molar-refractivity contribution in [3.05, 3.63) is 59.9 Å². The molecule has 2 aromatic rings. The highest BCUT2D eigenvalue weighted by molar-refractivity contribution is 6.01. The van der Waals surface area contributed by atoms with Crippen LogP contribution in [0.2, 0.25) is 0 Å². The number of likely N-dealkylation sites (N-methyl/N-ethyl adjacent to an activating group) is 1. The quantitative estimate of drug-likeness (QED) is 0.746. The molecule has 1 aromatic heterocycles. The van der Waals surface area contributed by atoms with E-state index in [2.05, 4.69) is 10.6 Å². The van der Waals surface area contributed by atoms with Gasteiger partial charge in [-0.25, -0.2) is 4.79 Å². The first-order valence-electron chi connectivity index (χ1n) is 9.61. The van der Waals surface area contributed by atoms with Crippen LogP contribution in [0.4, 0.5) is 4.79 Å². The summed E-state index contributed by atoms with van der Waals surface area (Å²) in [7, 11) is 1.61. The fraction of sp³-hybridized carbons (Fsp3) is 0.381. The molecule has 1 atom stereocenters. The van der Waals surface area contributed by atoms with Gasteiger partial charge in [0.1, 0.15) is 6.54 Å². The van der Waals surface area contributed by atoms with Gasteiger partial charge in [-0.1, -0.05) is 30.3 Å². The van der Waals surface area contributed by atoms with Crippen LogP contribution >= 0.6 is 0 Å². The number of hydrogen-bond acceptors (Lipinski definition) is 3. The Morgan fingerprint density at radius 1 is 1.07 bits per heavy atom. The van der Waals surface area contributed by atoms with Gasteiger partial charge in [-0.3, -0.25) is 14.5 Å². The normalized spacial score (nSPS) is 19.3. The maximum Gasteiger partial charge on any atom is 0.326 e. The molecular weight excluding hydrogens is 356 g/mol. The Morgan fingerprint density at radius 3 is 2.57 bits per heavy atom. The molecule has 0 aliphatic carbocycles. The van der Waals surface area contributed by atoms with E-state index in [4.69, 9.17) is 0 Å². The van der Waals surface area contributed by atoms with Crippen LogP contribution in [0.3, 0.4) is 0 Å². The average Bonchev–Trinajstić information content (AvgIpc) is 3.27. The summed E-state index contributed by atoms with van der Waals surface area (Å²) in [5.41, 5.74) is 2.19. The lowest BCUT2D eigenvalue weighted by molar-refractivity contribution is -0.134. The molecule has 7 heteroatoms. The van der Waals surface area contributed by atoms with Gasteiger partial charge in [-0.05, 0) is 24.1 Å². The summed E-state index contributed by atoms with van der Waals surface area (Å²) in [6.07, 6.45) is 2.84. The fourth-order valence-electron chi connectivity index (χ4n) is 4.06. The summed E-state index contributed by atoms with van der Waals surface area (Å²) < 4.78 is 2.19. The molecule has 1 saturated heterocycles. The highest BCUT2D eigenvalue weighted by Crippen LogP contribution is 2.32. The molecule has 2 aliphatic rings. The highest BCUT2D eigenvalue weighted by Gasteiger charge is 2.34. The first-order valence-corrected chi connectivity index (χ1v) is 9.61. The third-order valence-corrected chi connectivity index (χ3v) is 5.48. The van der Waals surface area contributed by atoms with Crippen molar-refractivity contribution < 1.29 is 14.4 Å². The van der Waals surface area contributed by atoms with Gasteiger partial charge in [-0.15, -0.1) is 0 Å². The second kappa shape index (κ2) is 7.50. The lowest BCUT2D eigenvalue weighted by Crippen LogP contribution is -2.42. The maximum atomic E-state index is 13.0. The van der Waals surface area contributed by atoms with Crippen LogP contribution in [0.25, 0.3) is 0 Å². The first-order chi connectivity index (χ1) is 13.6. The number of aromatic nitrogens is 1. The summed E-state index contributed by atoms with van der Waals surface area (Å²) in [6, 6.07) is 13.7. The number of imide groups is 1. The molecule has 0 bridgehead atoms. The van der Waals surface area contributed by atoms with Crippen molar-refractivity contribution in [1.29, 1.82) is 0 Å². The number of benzene rings is 1. The van der Waals surface area contributed by atoms with E-state index in [0.29, 0.717) is 19.4 Å². The van der Waals surface area contributed by atoms with E-state index < -0.39 is 0 Å².